The molecule has 0 radical (unpaired) electrons. The number of H-pyrrole nitrogens is 1. The van der Waals surface area contributed by atoms with E-state index in [0.29, 0.717) is 12.1 Å². The molecule has 0 atom stereocenters. The maximum atomic E-state index is 12.9. The maximum Gasteiger partial charge on any atom is 0.253 e. The number of furan rings is 1. The van der Waals surface area contributed by atoms with Crippen LogP contribution in [0.25, 0.3) is 11.0 Å². The number of para-hydroxylation sites is 1. The van der Waals surface area contributed by atoms with E-state index in [1.165, 1.54) is 6.33 Å². The molecule has 29 heavy (non-hydrogen) atoms. The number of nitrogens with one attached hydrogen (secondary N) is 1. The summed E-state index contributed by atoms with van der Waals surface area (Å²) in [6.07, 6.45) is 2.29. The van der Waals surface area contributed by atoms with E-state index in [4.69, 9.17) is 4.42 Å². The number of hydrogen-bond donors (Lipinski definition) is 1. The SMILES string of the molecule is CCc1oc2ccccc2c1CN(C)C(=O)c1ccc(CSc2ncn[nH]2)cc1. The number of thioether (sulfide) groups is 1. The second kappa shape index (κ2) is 8.53. The van der Waals surface area contributed by atoms with Gasteiger partial charge < -0.3 is 9.32 Å². The van der Waals surface area contributed by atoms with Gasteiger partial charge in [-0.3, -0.25) is 9.89 Å². The molecule has 0 spiro atoms. The van der Waals surface area contributed by atoms with Crippen LogP contribution in [0.15, 0.2) is 64.4 Å². The molecule has 0 fully saturated rings. The minimum atomic E-state index is -0.00762. The first-order valence-electron chi connectivity index (χ1n) is 9.47. The van der Waals surface area contributed by atoms with Gasteiger partial charge in [-0.2, -0.15) is 5.10 Å². The van der Waals surface area contributed by atoms with Crippen molar-refractivity contribution in [3.05, 3.63) is 77.3 Å². The van der Waals surface area contributed by atoms with Crippen molar-refractivity contribution in [3.8, 4) is 0 Å². The summed E-state index contributed by atoms with van der Waals surface area (Å²) in [6.45, 7) is 2.58. The molecule has 0 aliphatic heterocycles. The highest BCUT2D eigenvalue weighted by atomic mass is 32.2. The molecular formula is C22H22N4O2S. The molecule has 2 aromatic heterocycles. The van der Waals surface area contributed by atoms with Gasteiger partial charge in [-0.25, -0.2) is 4.98 Å². The predicted molar refractivity (Wildman–Crippen MR) is 114 cm³/mol. The molecule has 1 amide bonds. The molecule has 1 N–H and O–H groups in total. The fourth-order valence-corrected chi connectivity index (χ4v) is 4.03. The average molecular weight is 407 g/mol. The Labute approximate surface area is 173 Å². The van der Waals surface area contributed by atoms with Gasteiger partial charge >= 0.3 is 0 Å². The second-order valence-corrected chi connectivity index (χ2v) is 7.75. The molecule has 6 nitrogen and oxygen atoms in total. The number of benzene rings is 2. The van der Waals surface area contributed by atoms with Crippen molar-refractivity contribution in [1.29, 1.82) is 0 Å². The van der Waals surface area contributed by atoms with E-state index in [1.807, 2.05) is 55.6 Å². The second-order valence-electron chi connectivity index (χ2n) is 6.79. The monoisotopic (exact) mass is 406 g/mol. The van der Waals surface area contributed by atoms with Crippen LogP contribution in [0.1, 0.15) is 34.2 Å². The number of aromatic amines is 1. The molecule has 0 saturated heterocycles. The maximum absolute atomic E-state index is 12.9. The first kappa shape index (κ1) is 19.3. The Kier molecular flexibility index (Phi) is 5.67. The summed E-state index contributed by atoms with van der Waals surface area (Å²) >= 11 is 1.57. The van der Waals surface area contributed by atoms with E-state index < -0.39 is 0 Å². The summed E-state index contributed by atoms with van der Waals surface area (Å²) in [6, 6.07) is 15.7. The summed E-state index contributed by atoms with van der Waals surface area (Å²) in [4.78, 5) is 18.8. The van der Waals surface area contributed by atoms with Crippen molar-refractivity contribution in [1.82, 2.24) is 20.1 Å². The third-order valence-corrected chi connectivity index (χ3v) is 5.76. The van der Waals surface area contributed by atoms with Gasteiger partial charge in [0, 0.05) is 42.3 Å². The average Bonchev–Trinajstić information content (AvgIpc) is 3.40. The molecule has 2 heterocycles. The largest absolute Gasteiger partial charge is 0.461 e. The van der Waals surface area contributed by atoms with E-state index in [1.54, 1.807) is 16.7 Å². The summed E-state index contributed by atoms with van der Waals surface area (Å²) in [5.41, 5.74) is 3.75. The van der Waals surface area contributed by atoms with Gasteiger partial charge in [0.15, 0.2) is 5.16 Å². The summed E-state index contributed by atoms with van der Waals surface area (Å²) in [5.74, 6) is 1.69. The van der Waals surface area contributed by atoms with Crippen molar-refractivity contribution >= 4 is 28.6 Å². The number of aryl methyl sites for hydroxylation is 1. The first-order chi connectivity index (χ1) is 14.2. The van der Waals surface area contributed by atoms with Crippen molar-refractivity contribution in [3.63, 3.8) is 0 Å². The van der Waals surface area contributed by atoms with Gasteiger partial charge in [-0.1, -0.05) is 49.0 Å². The molecule has 0 aliphatic carbocycles. The Balaban J connectivity index is 1.45. The number of rotatable bonds is 7. The van der Waals surface area contributed by atoms with Crippen LogP contribution in [0, 0.1) is 0 Å². The third kappa shape index (κ3) is 4.19. The van der Waals surface area contributed by atoms with Crippen molar-refractivity contribution < 1.29 is 9.21 Å². The van der Waals surface area contributed by atoms with Crippen LogP contribution in [0.2, 0.25) is 0 Å². The molecule has 0 saturated carbocycles. The number of hydrogen-bond acceptors (Lipinski definition) is 5. The fourth-order valence-electron chi connectivity index (χ4n) is 3.30. The van der Waals surface area contributed by atoms with Gasteiger partial charge in [0.05, 0.1) is 0 Å². The highest BCUT2D eigenvalue weighted by molar-refractivity contribution is 7.98. The first-order valence-corrected chi connectivity index (χ1v) is 10.5. The molecule has 0 bridgehead atoms. The van der Waals surface area contributed by atoms with Crippen LogP contribution in [0.3, 0.4) is 0 Å². The van der Waals surface area contributed by atoms with Crippen LogP contribution in [-0.4, -0.2) is 33.0 Å². The standard InChI is InChI=1S/C22H22N4O2S/c1-3-19-18(17-6-4-5-7-20(17)28-19)12-26(2)21(27)16-10-8-15(9-11-16)13-29-22-23-14-24-25-22/h4-11,14H,3,12-13H2,1-2H3,(H,23,24,25). The zero-order valence-electron chi connectivity index (χ0n) is 16.4. The Morgan fingerprint density at radius 3 is 2.69 bits per heavy atom. The normalized spacial score (nSPS) is 11.1. The molecule has 4 aromatic rings. The lowest BCUT2D eigenvalue weighted by Gasteiger charge is -2.17. The molecule has 0 aliphatic rings. The number of carbonyl (C=O) groups excluding carboxylic acids is 1. The summed E-state index contributed by atoms with van der Waals surface area (Å²) < 4.78 is 5.96. The highest BCUT2D eigenvalue weighted by Gasteiger charge is 2.18. The number of carbonyl (C=O) groups is 1. The van der Waals surface area contributed by atoms with Crippen LogP contribution < -0.4 is 0 Å². The van der Waals surface area contributed by atoms with Crippen molar-refractivity contribution in [2.75, 3.05) is 7.05 Å². The molecule has 0 unspecified atom stereocenters. The molecule has 148 valence electrons. The fraction of sp³-hybridized carbons (Fsp3) is 0.227. The molecule has 2 aromatic carbocycles. The van der Waals surface area contributed by atoms with E-state index in [2.05, 4.69) is 22.1 Å². The van der Waals surface area contributed by atoms with Crippen molar-refractivity contribution in [2.24, 2.45) is 0 Å². The number of nitrogens with zero attached hydrogens (tertiary/aromatic N) is 3. The van der Waals surface area contributed by atoms with Crippen LogP contribution >= 0.6 is 11.8 Å². The van der Waals surface area contributed by atoms with Crippen LogP contribution in [0.5, 0.6) is 0 Å². The number of fused-ring (bicyclic) bond motifs is 1. The number of amides is 1. The zero-order valence-corrected chi connectivity index (χ0v) is 17.2. The lowest BCUT2D eigenvalue weighted by atomic mass is 10.1. The molecule has 7 heteroatoms. The van der Waals surface area contributed by atoms with E-state index in [-0.39, 0.29) is 5.91 Å². The summed E-state index contributed by atoms with van der Waals surface area (Å²) in [5, 5.41) is 8.52. The Morgan fingerprint density at radius 1 is 1.17 bits per heavy atom. The van der Waals surface area contributed by atoms with Gasteiger partial charge in [0.25, 0.3) is 5.91 Å². The van der Waals surface area contributed by atoms with E-state index >= 15 is 0 Å². The van der Waals surface area contributed by atoms with Gasteiger partial charge in [-0.15, -0.1) is 0 Å². The predicted octanol–water partition coefficient (Wildman–Crippen LogP) is 4.68. The Bertz CT molecular complexity index is 1100. The topological polar surface area (TPSA) is 75.0 Å². The lowest BCUT2D eigenvalue weighted by molar-refractivity contribution is 0.0785. The minimum Gasteiger partial charge on any atom is -0.461 e. The highest BCUT2D eigenvalue weighted by Crippen LogP contribution is 2.27. The van der Waals surface area contributed by atoms with Crippen LogP contribution in [0.4, 0.5) is 0 Å². The zero-order chi connectivity index (χ0) is 20.2. The molecule has 4 rings (SSSR count). The Hall–Kier alpha value is -3.06. The van der Waals surface area contributed by atoms with Crippen molar-refractivity contribution in [2.45, 2.75) is 30.8 Å². The number of aromatic nitrogens is 3. The smallest absolute Gasteiger partial charge is 0.253 e. The third-order valence-electron chi connectivity index (χ3n) is 4.81. The molecular weight excluding hydrogens is 384 g/mol. The quantitative estimate of drug-likeness (QED) is 0.451. The van der Waals surface area contributed by atoms with E-state index in [0.717, 1.165) is 45.2 Å². The van der Waals surface area contributed by atoms with Crippen LogP contribution in [-0.2, 0) is 18.7 Å². The Morgan fingerprint density at radius 2 is 1.97 bits per heavy atom. The minimum absolute atomic E-state index is 0.00762. The van der Waals surface area contributed by atoms with Gasteiger partial charge in [-0.05, 0) is 23.8 Å². The summed E-state index contributed by atoms with van der Waals surface area (Å²) in [7, 11) is 1.83. The van der Waals surface area contributed by atoms with Gasteiger partial charge in [0.1, 0.15) is 17.7 Å². The lowest BCUT2D eigenvalue weighted by Crippen LogP contribution is -2.26. The van der Waals surface area contributed by atoms with E-state index in [9.17, 15) is 4.79 Å². The van der Waals surface area contributed by atoms with Gasteiger partial charge in [0.2, 0.25) is 0 Å².